The van der Waals surface area contributed by atoms with Gasteiger partial charge in [-0.25, -0.2) is 0 Å². The fourth-order valence-electron chi connectivity index (χ4n) is 11.0. The lowest BCUT2D eigenvalue weighted by atomic mass is 9.82. The summed E-state index contributed by atoms with van der Waals surface area (Å²) in [5, 5.41) is 6.68. The number of fused-ring (bicyclic) bond motifs is 13. The van der Waals surface area contributed by atoms with Crippen LogP contribution in [0.15, 0.2) is 185 Å². The van der Waals surface area contributed by atoms with Crippen LogP contribution >= 0.6 is 0 Å². The van der Waals surface area contributed by atoms with Crippen molar-refractivity contribution in [3.05, 3.63) is 198 Å². The Hall–Kier alpha value is -7.36. The molecule has 0 radical (unpaired) electrons. The van der Waals surface area contributed by atoms with Crippen LogP contribution in [-0.4, -0.2) is 0 Å². The fourth-order valence-corrected chi connectivity index (χ4v) is 11.0. The summed E-state index contributed by atoms with van der Waals surface area (Å²) in [6.45, 7) is 9.42. The minimum atomic E-state index is -0.140. The molecule has 11 aromatic rings. The van der Waals surface area contributed by atoms with Gasteiger partial charge in [-0.1, -0.05) is 149 Å². The molecule has 3 heteroatoms. The third-order valence-electron chi connectivity index (χ3n) is 14.1. The highest BCUT2D eigenvalue weighted by Gasteiger charge is 2.38. The van der Waals surface area contributed by atoms with Crippen LogP contribution in [0.25, 0.3) is 88.0 Å². The molecule has 0 amide bonds. The van der Waals surface area contributed by atoms with Crippen molar-refractivity contribution in [1.82, 2.24) is 0 Å². The maximum atomic E-state index is 7.16. The van der Waals surface area contributed by atoms with Gasteiger partial charge in [0.05, 0.1) is 0 Å². The van der Waals surface area contributed by atoms with Crippen LogP contribution in [0.5, 0.6) is 0 Å². The monoisotopic (exact) mass is 783 g/mol. The smallest absolute Gasteiger partial charge is 0.144 e. The first-order valence-electron chi connectivity index (χ1n) is 21.3. The summed E-state index contributed by atoms with van der Waals surface area (Å²) in [6, 6.07) is 64.3. The van der Waals surface area contributed by atoms with Crippen LogP contribution in [0.4, 0.5) is 17.1 Å². The highest BCUT2D eigenvalue weighted by Crippen LogP contribution is 2.54. The van der Waals surface area contributed by atoms with E-state index in [0.29, 0.717) is 0 Å². The normalized spacial score (nSPS) is 14.5. The molecule has 290 valence electrons. The molecule has 0 saturated heterocycles. The lowest BCUT2D eigenvalue weighted by Crippen LogP contribution is -2.18. The van der Waals surface area contributed by atoms with Crippen molar-refractivity contribution in [3.8, 4) is 33.4 Å². The molecule has 0 spiro atoms. The molecule has 2 aliphatic carbocycles. The van der Waals surface area contributed by atoms with Gasteiger partial charge in [0.25, 0.3) is 0 Å². The largest absolute Gasteiger partial charge is 0.455 e. The van der Waals surface area contributed by atoms with E-state index in [2.05, 4.69) is 196 Å². The Morgan fingerprint density at radius 3 is 1.56 bits per heavy atom. The van der Waals surface area contributed by atoms with E-state index in [-0.39, 0.29) is 10.8 Å². The number of nitrogens with zero attached hydrogens (tertiary/aromatic N) is 1. The van der Waals surface area contributed by atoms with Gasteiger partial charge < -0.3 is 13.7 Å². The Balaban J connectivity index is 1.04. The molecule has 2 heterocycles. The predicted octanol–water partition coefficient (Wildman–Crippen LogP) is 16.4. The van der Waals surface area contributed by atoms with Crippen LogP contribution in [-0.2, 0) is 10.8 Å². The molecular formula is C58H41NO2. The van der Waals surface area contributed by atoms with E-state index in [1.807, 2.05) is 12.1 Å². The predicted molar refractivity (Wildman–Crippen MR) is 254 cm³/mol. The molecule has 3 nitrogen and oxygen atoms in total. The lowest BCUT2D eigenvalue weighted by Gasteiger charge is -2.29. The van der Waals surface area contributed by atoms with E-state index in [9.17, 15) is 0 Å². The number of hydrogen-bond donors (Lipinski definition) is 0. The van der Waals surface area contributed by atoms with E-state index >= 15 is 0 Å². The summed E-state index contributed by atoms with van der Waals surface area (Å²) in [7, 11) is 0. The van der Waals surface area contributed by atoms with Gasteiger partial charge in [-0.2, -0.15) is 0 Å². The summed E-state index contributed by atoms with van der Waals surface area (Å²) < 4.78 is 13.8. The van der Waals surface area contributed by atoms with Gasteiger partial charge in [0.1, 0.15) is 22.3 Å². The molecule has 0 saturated carbocycles. The minimum absolute atomic E-state index is 0.140. The highest BCUT2D eigenvalue weighted by molar-refractivity contribution is 6.22. The Bertz CT molecular complexity index is 3560. The van der Waals surface area contributed by atoms with Crippen LogP contribution in [0.2, 0.25) is 0 Å². The molecule has 2 aliphatic rings. The van der Waals surface area contributed by atoms with E-state index in [4.69, 9.17) is 8.83 Å². The van der Waals surface area contributed by atoms with E-state index in [0.717, 1.165) is 82.8 Å². The molecule has 0 N–H and O–H groups in total. The van der Waals surface area contributed by atoms with Gasteiger partial charge >= 0.3 is 0 Å². The zero-order valence-corrected chi connectivity index (χ0v) is 34.5. The first-order chi connectivity index (χ1) is 29.8. The summed E-state index contributed by atoms with van der Waals surface area (Å²) in [4.78, 5) is 2.43. The summed E-state index contributed by atoms with van der Waals surface area (Å²) in [5.41, 5.74) is 19.2. The molecule has 0 aliphatic heterocycles. The van der Waals surface area contributed by atoms with Crippen LogP contribution in [0, 0.1) is 0 Å². The topological polar surface area (TPSA) is 29.5 Å². The maximum absolute atomic E-state index is 7.16. The molecule has 0 atom stereocenters. The van der Waals surface area contributed by atoms with Crippen molar-refractivity contribution in [2.24, 2.45) is 0 Å². The number of rotatable bonds is 4. The van der Waals surface area contributed by atoms with Crippen molar-refractivity contribution in [2.75, 3.05) is 4.90 Å². The summed E-state index contributed by atoms with van der Waals surface area (Å²) >= 11 is 0. The third-order valence-corrected chi connectivity index (χ3v) is 14.1. The van der Waals surface area contributed by atoms with Gasteiger partial charge in [-0.3, -0.25) is 0 Å². The zero-order valence-electron chi connectivity index (χ0n) is 34.5. The molecular weight excluding hydrogens is 743 g/mol. The second kappa shape index (κ2) is 12.1. The van der Waals surface area contributed by atoms with Gasteiger partial charge in [0, 0.05) is 66.6 Å². The quantitative estimate of drug-likeness (QED) is 0.178. The maximum Gasteiger partial charge on any atom is 0.144 e. The molecule has 2 aromatic heterocycles. The summed E-state index contributed by atoms with van der Waals surface area (Å²) in [6.07, 6.45) is 0. The highest BCUT2D eigenvalue weighted by atomic mass is 16.3. The number of benzene rings is 9. The van der Waals surface area contributed by atoms with E-state index in [1.54, 1.807) is 0 Å². The lowest BCUT2D eigenvalue weighted by molar-refractivity contribution is 0.660. The Kier molecular flexibility index (Phi) is 6.85. The molecule has 9 aromatic carbocycles. The Labute approximate surface area is 354 Å². The van der Waals surface area contributed by atoms with Gasteiger partial charge in [-0.15, -0.1) is 0 Å². The SMILES string of the molecule is CC1(C)c2ccccc2-c2ccc(N(c3ccc4c(c3)C(C)(C)c3ccccc3-4)c3ccc4c(c3)oc3c(-c5cccc6c5oc5ccccc56)c5ccccc5cc34)cc21. The second-order valence-electron chi connectivity index (χ2n) is 18.0. The van der Waals surface area contributed by atoms with Crippen LogP contribution < -0.4 is 4.90 Å². The zero-order chi connectivity index (χ0) is 40.8. The average Bonchev–Trinajstić information content (AvgIpc) is 3.98. The van der Waals surface area contributed by atoms with Gasteiger partial charge in [-0.05, 0) is 104 Å². The van der Waals surface area contributed by atoms with Gasteiger partial charge in [0.15, 0.2) is 0 Å². The molecule has 0 bridgehead atoms. The number of anilines is 3. The Morgan fingerprint density at radius 1 is 0.344 bits per heavy atom. The second-order valence-corrected chi connectivity index (χ2v) is 18.0. The first-order valence-corrected chi connectivity index (χ1v) is 21.3. The van der Waals surface area contributed by atoms with Crippen molar-refractivity contribution < 1.29 is 8.83 Å². The Morgan fingerprint density at radius 2 is 0.852 bits per heavy atom. The third kappa shape index (κ3) is 4.69. The summed E-state index contributed by atoms with van der Waals surface area (Å²) in [5.74, 6) is 0. The van der Waals surface area contributed by atoms with Crippen molar-refractivity contribution in [1.29, 1.82) is 0 Å². The number of hydrogen-bond acceptors (Lipinski definition) is 3. The van der Waals surface area contributed by atoms with E-state index < -0.39 is 0 Å². The fraction of sp³-hybridized carbons (Fsp3) is 0.103. The van der Waals surface area contributed by atoms with E-state index in [1.165, 1.54) is 44.5 Å². The standard InChI is InChI=1S/C58H41NO2/c1-57(2)48-21-10-7-16-39(48)41-27-24-35(31-50(41)57)59(36-25-28-42-40-17-8-11-22-49(40)58(3,4)51(42)32-36)37-26-29-44-47-30-34-14-5-6-15-38(34)54(56(47)61-53(44)33-37)46-20-13-19-45-43-18-9-12-23-52(43)60-55(45)46/h5-33H,1-4H3. The van der Waals surface area contributed by atoms with Crippen molar-refractivity contribution in [3.63, 3.8) is 0 Å². The first kappa shape index (κ1) is 34.5. The van der Waals surface area contributed by atoms with Crippen LogP contribution in [0.1, 0.15) is 49.9 Å². The van der Waals surface area contributed by atoms with Gasteiger partial charge in [0.2, 0.25) is 0 Å². The molecule has 0 unspecified atom stereocenters. The number of furan rings is 2. The molecule has 0 fully saturated rings. The molecule has 13 rings (SSSR count). The average molecular weight is 784 g/mol. The van der Waals surface area contributed by atoms with Crippen molar-refractivity contribution in [2.45, 2.75) is 38.5 Å². The van der Waals surface area contributed by atoms with Crippen molar-refractivity contribution >= 4 is 71.7 Å². The molecule has 61 heavy (non-hydrogen) atoms. The number of para-hydroxylation sites is 2. The van der Waals surface area contributed by atoms with Crippen LogP contribution in [0.3, 0.4) is 0 Å². The minimum Gasteiger partial charge on any atom is -0.455 e.